The largest absolute Gasteiger partial charge is 0.433 e. The third-order valence-electron chi connectivity index (χ3n) is 7.36. The van der Waals surface area contributed by atoms with Crippen LogP contribution in [-0.2, 0) is 17.3 Å². The minimum Gasteiger partial charge on any atom is -0.382 e. The molecule has 1 saturated carbocycles. The number of nitrogens with one attached hydrogen (secondary N) is 2. The average Bonchev–Trinajstić information content (AvgIpc) is 3.40. The predicted molar refractivity (Wildman–Crippen MR) is 150 cm³/mol. The van der Waals surface area contributed by atoms with Gasteiger partial charge in [-0.2, -0.15) is 18.3 Å². The number of halogens is 4. The van der Waals surface area contributed by atoms with Crippen LogP contribution >= 0.6 is 11.6 Å². The standard InChI is InChI=1S/C30H31ClF3N5O/c1-28(2,3)39-25(13-15-35-39)27(40)38-29(19-8-5-4-6-9-19)14-7-10-21(18-29)36-24-17-26(30(32,33)34)37-23-12-11-20(31)16-22(23)24/h4-6,8-9,11-13,15-17,21H,7,10,14,18H2,1-3H3,(H,36,37)(H,38,40)/t21-,29?/m0/s1. The van der Waals surface area contributed by atoms with Crippen molar-refractivity contribution in [3.63, 3.8) is 0 Å². The van der Waals surface area contributed by atoms with Crippen molar-refractivity contribution in [3.05, 3.63) is 88.8 Å². The Bertz CT molecular complexity index is 1530. The van der Waals surface area contributed by atoms with E-state index >= 15 is 0 Å². The van der Waals surface area contributed by atoms with E-state index in [1.807, 2.05) is 51.1 Å². The van der Waals surface area contributed by atoms with E-state index in [0.29, 0.717) is 34.6 Å². The SMILES string of the molecule is CC(C)(C)n1nccc1C(=O)NC1(c2ccccc2)CCC[C@H](Nc2cc(C(F)(F)F)nc3ccc(Cl)cc23)C1. The van der Waals surface area contributed by atoms with Gasteiger partial charge in [0.2, 0.25) is 0 Å². The number of carbonyl (C=O) groups is 1. The summed E-state index contributed by atoms with van der Waals surface area (Å²) >= 11 is 6.21. The fourth-order valence-corrected chi connectivity index (χ4v) is 5.75. The van der Waals surface area contributed by atoms with Gasteiger partial charge in [0.25, 0.3) is 5.91 Å². The summed E-state index contributed by atoms with van der Waals surface area (Å²) in [4.78, 5) is 17.5. The van der Waals surface area contributed by atoms with E-state index in [9.17, 15) is 18.0 Å². The van der Waals surface area contributed by atoms with Gasteiger partial charge in [-0.15, -0.1) is 0 Å². The van der Waals surface area contributed by atoms with Gasteiger partial charge in [-0.05, 0) is 82.3 Å². The zero-order valence-corrected chi connectivity index (χ0v) is 23.3. The monoisotopic (exact) mass is 569 g/mol. The molecule has 1 aliphatic carbocycles. The van der Waals surface area contributed by atoms with Gasteiger partial charge in [0.1, 0.15) is 11.4 Å². The molecule has 40 heavy (non-hydrogen) atoms. The minimum atomic E-state index is -4.60. The second-order valence-electron chi connectivity index (χ2n) is 11.4. The molecule has 6 nitrogen and oxygen atoms in total. The molecule has 2 N–H and O–H groups in total. The summed E-state index contributed by atoms with van der Waals surface area (Å²) in [5.74, 6) is -0.252. The molecular weight excluding hydrogens is 539 g/mol. The second-order valence-corrected chi connectivity index (χ2v) is 11.8. The predicted octanol–water partition coefficient (Wildman–Crippen LogP) is 7.54. The highest BCUT2D eigenvalue weighted by Gasteiger charge is 2.41. The fraction of sp³-hybridized carbons (Fsp3) is 0.367. The smallest absolute Gasteiger partial charge is 0.382 e. The lowest BCUT2D eigenvalue weighted by Crippen LogP contribution is -2.52. The summed E-state index contributed by atoms with van der Waals surface area (Å²) in [5, 5.41) is 12.0. The molecule has 4 aromatic rings. The first-order chi connectivity index (χ1) is 18.9. The first-order valence-corrected chi connectivity index (χ1v) is 13.6. The second kappa shape index (κ2) is 10.4. The normalized spacial score (nSPS) is 19.9. The molecule has 0 bridgehead atoms. The van der Waals surface area contributed by atoms with E-state index in [0.717, 1.165) is 24.5 Å². The highest BCUT2D eigenvalue weighted by molar-refractivity contribution is 6.31. The van der Waals surface area contributed by atoms with Crippen molar-refractivity contribution in [1.82, 2.24) is 20.1 Å². The first-order valence-electron chi connectivity index (χ1n) is 13.2. The van der Waals surface area contributed by atoms with Crippen LogP contribution < -0.4 is 10.6 Å². The number of fused-ring (bicyclic) bond motifs is 1. The van der Waals surface area contributed by atoms with Gasteiger partial charge in [0.15, 0.2) is 0 Å². The quantitative estimate of drug-likeness (QED) is 0.260. The molecule has 0 spiro atoms. The third kappa shape index (κ3) is 5.66. The summed E-state index contributed by atoms with van der Waals surface area (Å²) in [6, 6.07) is 16.9. The molecule has 2 aromatic carbocycles. The van der Waals surface area contributed by atoms with Crippen LogP contribution in [0.25, 0.3) is 10.9 Å². The lowest BCUT2D eigenvalue weighted by atomic mass is 9.74. The number of nitrogens with zero attached hydrogens (tertiary/aromatic N) is 3. The van der Waals surface area contributed by atoms with Crippen LogP contribution in [0.1, 0.15) is 68.2 Å². The van der Waals surface area contributed by atoms with Gasteiger partial charge in [0, 0.05) is 28.3 Å². The van der Waals surface area contributed by atoms with Crippen LogP contribution in [0.5, 0.6) is 0 Å². The Morgan fingerprint density at radius 2 is 1.82 bits per heavy atom. The van der Waals surface area contributed by atoms with Crippen molar-refractivity contribution in [2.24, 2.45) is 0 Å². The number of carbonyl (C=O) groups excluding carboxylic acids is 1. The van der Waals surface area contributed by atoms with Gasteiger partial charge in [-0.25, -0.2) is 4.98 Å². The Morgan fingerprint density at radius 3 is 2.52 bits per heavy atom. The van der Waals surface area contributed by atoms with Crippen molar-refractivity contribution >= 4 is 34.1 Å². The highest BCUT2D eigenvalue weighted by atomic mass is 35.5. The van der Waals surface area contributed by atoms with Crippen LogP contribution in [-0.4, -0.2) is 26.7 Å². The molecule has 210 valence electrons. The minimum absolute atomic E-state index is 0.204. The number of alkyl halides is 3. The van der Waals surface area contributed by atoms with Crippen LogP contribution in [0.3, 0.4) is 0 Å². The van der Waals surface area contributed by atoms with Gasteiger partial charge < -0.3 is 10.6 Å². The van der Waals surface area contributed by atoms with E-state index in [1.165, 1.54) is 12.1 Å². The van der Waals surface area contributed by atoms with Gasteiger partial charge >= 0.3 is 6.18 Å². The van der Waals surface area contributed by atoms with Gasteiger partial charge in [0.05, 0.1) is 16.6 Å². The van der Waals surface area contributed by atoms with E-state index < -0.39 is 22.9 Å². The molecule has 2 heterocycles. The highest BCUT2D eigenvalue weighted by Crippen LogP contribution is 2.40. The number of aromatic nitrogens is 3. The van der Waals surface area contributed by atoms with Crippen molar-refractivity contribution in [3.8, 4) is 0 Å². The average molecular weight is 570 g/mol. The third-order valence-corrected chi connectivity index (χ3v) is 7.60. The molecule has 0 radical (unpaired) electrons. The molecule has 0 saturated heterocycles. The number of anilines is 1. The zero-order valence-electron chi connectivity index (χ0n) is 22.5. The lowest BCUT2D eigenvalue weighted by molar-refractivity contribution is -0.140. The molecule has 0 aliphatic heterocycles. The number of pyridine rings is 1. The topological polar surface area (TPSA) is 71.8 Å². The Hall–Kier alpha value is -3.59. The fourth-order valence-electron chi connectivity index (χ4n) is 5.58. The first kappa shape index (κ1) is 28.0. The van der Waals surface area contributed by atoms with Crippen molar-refractivity contribution in [2.45, 2.75) is 69.8 Å². The number of hydrogen-bond donors (Lipinski definition) is 2. The number of hydrogen-bond acceptors (Lipinski definition) is 4. The van der Waals surface area contributed by atoms with E-state index in [4.69, 9.17) is 11.6 Å². The van der Waals surface area contributed by atoms with Crippen molar-refractivity contribution < 1.29 is 18.0 Å². The number of benzene rings is 2. The maximum Gasteiger partial charge on any atom is 0.433 e. The molecule has 10 heteroatoms. The molecule has 2 atom stereocenters. The van der Waals surface area contributed by atoms with Crippen LogP contribution in [0.4, 0.5) is 18.9 Å². The van der Waals surface area contributed by atoms with Crippen molar-refractivity contribution in [2.75, 3.05) is 5.32 Å². The molecule has 2 aromatic heterocycles. The molecule has 5 rings (SSSR count). The Labute approximate surface area is 235 Å². The summed E-state index contributed by atoms with van der Waals surface area (Å²) < 4.78 is 42.9. The molecule has 1 amide bonds. The summed E-state index contributed by atoms with van der Waals surface area (Å²) in [7, 11) is 0. The number of amides is 1. The van der Waals surface area contributed by atoms with Gasteiger partial charge in [-0.1, -0.05) is 41.9 Å². The van der Waals surface area contributed by atoms with Gasteiger partial charge in [-0.3, -0.25) is 9.48 Å². The van der Waals surface area contributed by atoms with E-state index in [1.54, 1.807) is 23.0 Å². The maximum atomic E-state index is 13.7. The summed E-state index contributed by atoms with van der Waals surface area (Å²) in [6.07, 6.45) is -0.371. The van der Waals surface area contributed by atoms with Crippen LogP contribution in [0.2, 0.25) is 5.02 Å². The summed E-state index contributed by atoms with van der Waals surface area (Å²) in [6.45, 7) is 5.93. The zero-order chi connectivity index (χ0) is 28.7. The molecule has 1 unspecified atom stereocenters. The molecule has 1 aliphatic rings. The van der Waals surface area contributed by atoms with Crippen LogP contribution in [0.15, 0.2) is 66.9 Å². The Morgan fingerprint density at radius 1 is 1.07 bits per heavy atom. The Balaban J connectivity index is 1.51. The van der Waals surface area contributed by atoms with E-state index in [-0.39, 0.29) is 17.5 Å². The number of rotatable bonds is 5. The maximum absolute atomic E-state index is 13.7. The van der Waals surface area contributed by atoms with Crippen LogP contribution in [0, 0.1) is 0 Å². The van der Waals surface area contributed by atoms with E-state index in [2.05, 4.69) is 20.7 Å². The lowest BCUT2D eigenvalue weighted by Gasteiger charge is -2.43. The molecule has 1 fully saturated rings. The van der Waals surface area contributed by atoms with Crippen molar-refractivity contribution in [1.29, 1.82) is 0 Å². The summed E-state index contributed by atoms with van der Waals surface area (Å²) in [5.41, 5.74) is -0.209. The molecular formula is C30H31ClF3N5O. The Kier molecular flexibility index (Phi) is 7.29.